The molecule has 1 aromatic carbocycles. The van der Waals surface area contributed by atoms with Gasteiger partial charge in [-0.25, -0.2) is 0 Å². The van der Waals surface area contributed by atoms with Crippen molar-refractivity contribution in [2.24, 2.45) is 0 Å². The molecule has 1 aromatic heterocycles. The van der Waals surface area contributed by atoms with Gasteiger partial charge in [-0.15, -0.1) is 0 Å². The molecule has 0 radical (unpaired) electrons. The Morgan fingerprint density at radius 2 is 1.78 bits per heavy atom. The van der Waals surface area contributed by atoms with Gasteiger partial charge in [-0.2, -0.15) is 5.10 Å². The van der Waals surface area contributed by atoms with Gasteiger partial charge in [0.1, 0.15) is 4.60 Å². The van der Waals surface area contributed by atoms with E-state index in [1.807, 2.05) is 0 Å². The SMILES string of the molecule is CCC(C)c1ccc(C(CC)NC(=O)c2n[nH]c(Br)c2Br)cc1. The normalized spacial score (nSPS) is 13.6. The lowest BCUT2D eigenvalue weighted by atomic mass is 9.95. The molecule has 1 amide bonds. The predicted molar refractivity (Wildman–Crippen MR) is 99.6 cm³/mol. The highest BCUT2D eigenvalue weighted by Gasteiger charge is 2.20. The number of halogens is 2. The van der Waals surface area contributed by atoms with Crippen molar-refractivity contribution in [1.29, 1.82) is 0 Å². The Hall–Kier alpha value is -1.14. The van der Waals surface area contributed by atoms with Crippen LogP contribution in [0.15, 0.2) is 33.3 Å². The molecule has 0 spiro atoms. The van der Waals surface area contributed by atoms with E-state index in [2.05, 4.69) is 92.4 Å². The van der Waals surface area contributed by atoms with Crippen molar-refractivity contribution in [3.8, 4) is 0 Å². The maximum atomic E-state index is 12.4. The number of amides is 1. The lowest BCUT2D eigenvalue weighted by Crippen LogP contribution is -2.28. The van der Waals surface area contributed by atoms with E-state index in [4.69, 9.17) is 0 Å². The fourth-order valence-electron chi connectivity index (χ4n) is 2.40. The van der Waals surface area contributed by atoms with Gasteiger partial charge in [0.2, 0.25) is 0 Å². The van der Waals surface area contributed by atoms with E-state index in [0.29, 0.717) is 20.7 Å². The van der Waals surface area contributed by atoms with Crippen molar-refractivity contribution in [2.45, 2.75) is 45.6 Å². The number of carbonyl (C=O) groups is 1. The van der Waals surface area contributed by atoms with Crippen molar-refractivity contribution < 1.29 is 4.79 Å². The van der Waals surface area contributed by atoms with Crippen molar-refractivity contribution in [3.63, 3.8) is 0 Å². The van der Waals surface area contributed by atoms with Crippen LogP contribution in [0.3, 0.4) is 0 Å². The molecule has 0 fully saturated rings. The Morgan fingerprint density at radius 1 is 1.17 bits per heavy atom. The summed E-state index contributed by atoms with van der Waals surface area (Å²) < 4.78 is 1.30. The summed E-state index contributed by atoms with van der Waals surface area (Å²) in [4.78, 5) is 12.4. The van der Waals surface area contributed by atoms with E-state index in [0.717, 1.165) is 18.4 Å². The summed E-state index contributed by atoms with van der Waals surface area (Å²) in [5, 5.41) is 9.79. The molecule has 6 heteroatoms. The molecule has 2 atom stereocenters. The van der Waals surface area contributed by atoms with Crippen LogP contribution in [-0.2, 0) is 0 Å². The second-order valence-corrected chi connectivity index (χ2v) is 7.20. The average molecular weight is 443 g/mol. The fourth-order valence-corrected chi connectivity index (χ4v) is 3.03. The van der Waals surface area contributed by atoms with Crippen LogP contribution < -0.4 is 5.32 Å². The minimum atomic E-state index is -0.198. The molecule has 0 saturated carbocycles. The quantitative estimate of drug-likeness (QED) is 0.635. The summed E-state index contributed by atoms with van der Waals surface area (Å²) >= 11 is 6.65. The second kappa shape index (κ2) is 8.11. The molecule has 1 heterocycles. The van der Waals surface area contributed by atoms with Crippen LogP contribution in [-0.4, -0.2) is 16.1 Å². The Balaban J connectivity index is 2.13. The van der Waals surface area contributed by atoms with Crippen LogP contribution >= 0.6 is 31.9 Å². The summed E-state index contributed by atoms with van der Waals surface area (Å²) in [6.45, 7) is 6.47. The number of hydrogen-bond donors (Lipinski definition) is 2. The van der Waals surface area contributed by atoms with Crippen molar-refractivity contribution in [1.82, 2.24) is 15.5 Å². The van der Waals surface area contributed by atoms with Crippen LogP contribution in [0.4, 0.5) is 0 Å². The fraction of sp³-hybridized carbons (Fsp3) is 0.412. The van der Waals surface area contributed by atoms with Crippen LogP contribution in [0.5, 0.6) is 0 Å². The van der Waals surface area contributed by atoms with Gasteiger partial charge in [0.15, 0.2) is 5.69 Å². The molecule has 2 rings (SSSR count). The molecule has 2 N–H and O–H groups in total. The van der Waals surface area contributed by atoms with E-state index in [1.54, 1.807) is 0 Å². The smallest absolute Gasteiger partial charge is 0.273 e. The minimum Gasteiger partial charge on any atom is -0.344 e. The summed E-state index contributed by atoms with van der Waals surface area (Å²) in [6, 6.07) is 8.48. The molecule has 0 saturated heterocycles. The Kier molecular flexibility index (Phi) is 6.41. The van der Waals surface area contributed by atoms with Gasteiger partial charge in [-0.1, -0.05) is 45.0 Å². The average Bonchev–Trinajstić information content (AvgIpc) is 2.91. The highest BCUT2D eigenvalue weighted by molar-refractivity contribution is 9.13. The number of nitrogens with zero attached hydrogens (tertiary/aromatic N) is 1. The van der Waals surface area contributed by atoms with Gasteiger partial charge in [0.05, 0.1) is 10.5 Å². The van der Waals surface area contributed by atoms with Gasteiger partial charge in [0, 0.05) is 0 Å². The summed E-state index contributed by atoms with van der Waals surface area (Å²) in [7, 11) is 0. The maximum Gasteiger partial charge on any atom is 0.273 e. The van der Waals surface area contributed by atoms with Gasteiger partial charge in [-0.05, 0) is 61.7 Å². The topological polar surface area (TPSA) is 57.8 Å². The molecule has 0 bridgehead atoms. The molecular weight excluding hydrogens is 422 g/mol. The number of hydrogen-bond acceptors (Lipinski definition) is 2. The monoisotopic (exact) mass is 441 g/mol. The number of aromatic nitrogens is 2. The standard InChI is InChI=1S/C17H21Br2N3O/c1-4-10(3)11-6-8-12(9-7-11)13(5-2)20-17(23)15-14(18)16(19)22-21-15/h6-10,13H,4-5H2,1-3H3,(H,20,23)(H,21,22). The van der Waals surface area contributed by atoms with E-state index in [1.165, 1.54) is 5.56 Å². The highest BCUT2D eigenvalue weighted by atomic mass is 79.9. The van der Waals surface area contributed by atoms with Gasteiger partial charge in [-0.3, -0.25) is 9.89 Å². The molecule has 2 aromatic rings. The number of rotatable bonds is 6. The minimum absolute atomic E-state index is 0.0316. The summed E-state index contributed by atoms with van der Waals surface area (Å²) in [5.41, 5.74) is 2.79. The molecule has 0 aliphatic rings. The zero-order valence-electron chi connectivity index (χ0n) is 13.5. The highest BCUT2D eigenvalue weighted by Crippen LogP contribution is 2.26. The third-order valence-corrected chi connectivity index (χ3v) is 5.99. The number of carbonyl (C=O) groups excluding carboxylic acids is 1. The third kappa shape index (κ3) is 4.23. The number of H-pyrrole nitrogens is 1. The second-order valence-electron chi connectivity index (χ2n) is 5.61. The molecular formula is C17H21Br2N3O. The number of benzene rings is 1. The Morgan fingerprint density at radius 3 is 2.26 bits per heavy atom. The summed E-state index contributed by atoms with van der Waals surface area (Å²) in [6.07, 6.45) is 1.94. The van der Waals surface area contributed by atoms with E-state index < -0.39 is 0 Å². The number of nitrogens with one attached hydrogen (secondary N) is 2. The van der Waals surface area contributed by atoms with Gasteiger partial charge in [0.25, 0.3) is 5.91 Å². The van der Waals surface area contributed by atoms with Gasteiger partial charge < -0.3 is 5.32 Å². The van der Waals surface area contributed by atoms with Crippen LogP contribution in [0.25, 0.3) is 0 Å². The largest absolute Gasteiger partial charge is 0.344 e. The first-order chi connectivity index (χ1) is 11.0. The van der Waals surface area contributed by atoms with E-state index in [9.17, 15) is 4.79 Å². The third-order valence-electron chi connectivity index (χ3n) is 4.12. The lowest BCUT2D eigenvalue weighted by molar-refractivity contribution is 0.0929. The molecule has 23 heavy (non-hydrogen) atoms. The predicted octanol–water partition coefficient (Wildman–Crippen LogP) is 5.33. The number of aromatic amines is 1. The van der Waals surface area contributed by atoms with Gasteiger partial charge >= 0.3 is 0 Å². The zero-order valence-corrected chi connectivity index (χ0v) is 16.7. The Labute approximate surface area is 153 Å². The molecule has 2 unspecified atom stereocenters. The van der Waals surface area contributed by atoms with Crippen molar-refractivity contribution >= 4 is 37.8 Å². The Bertz CT molecular complexity index is 667. The molecule has 124 valence electrons. The van der Waals surface area contributed by atoms with E-state index >= 15 is 0 Å². The van der Waals surface area contributed by atoms with Crippen LogP contribution in [0.1, 0.15) is 67.2 Å². The van der Waals surface area contributed by atoms with Crippen LogP contribution in [0.2, 0.25) is 0 Å². The molecule has 4 nitrogen and oxygen atoms in total. The first-order valence-corrected chi connectivity index (χ1v) is 9.36. The first kappa shape index (κ1) is 18.2. The lowest BCUT2D eigenvalue weighted by Gasteiger charge is -2.18. The van der Waals surface area contributed by atoms with Crippen molar-refractivity contribution in [3.05, 3.63) is 50.2 Å². The van der Waals surface area contributed by atoms with E-state index in [-0.39, 0.29) is 11.9 Å². The molecule has 0 aliphatic carbocycles. The van der Waals surface area contributed by atoms with Crippen LogP contribution in [0, 0.1) is 0 Å². The van der Waals surface area contributed by atoms with Crippen molar-refractivity contribution in [2.75, 3.05) is 0 Å². The maximum absolute atomic E-state index is 12.4. The first-order valence-electron chi connectivity index (χ1n) is 7.77. The summed E-state index contributed by atoms with van der Waals surface area (Å²) in [5.74, 6) is 0.354. The molecule has 0 aliphatic heterocycles. The zero-order chi connectivity index (χ0) is 17.0.